The van der Waals surface area contributed by atoms with Gasteiger partial charge in [-0.05, 0) is 38.5 Å². The Bertz CT molecular complexity index is 332. The quantitative estimate of drug-likeness (QED) is 0.860. The fourth-order valence-electron chi connectivity index (χ4n) is 3.18. The molecule has 1 aliphatic carbocycles. The Labute approximate surface area is 121 Å². The maximum atomic E-state index is 12.0. The Kier molecular flexibility index (Phi) is 5.68. The van der Waals surface area contributed by atoms with Crippen molar-refractivity contribution in [2.75, 3.05) is 19.7 Å². The van der Waals surface area contributed by atoms with Gasteiger partial charge in [-0.15, -0.1) is 0 Å². The number of hydrogen-bond donors (Lipinski definition) is 1. The second kappa shape index (κ2) is 7.50. The minimum absolute atomic E-state index is 0.187. The summed E-state index contributed by atoms with van der Waals surface area (Å²) in [5.41, 5.74) is 0. The lowest BCUT2D eigenvalue weighted by Gasteiger charge is -2.31. The zero-order valence-corrected chi connectivity index (χ0v) is 12.4. The fraction of sp³-hybridized carbons (Fsp3) is 0.867. The summed E-state index contributed by atoms with van der Waals surface area (Å²) < 4.78 is 4.99. The van der Waals surface area contributed by atoms with Crippen molar-refractivity contribution < 1.29 is 14.3 Å². The third-order valence-electron chi connectivity index (χ3n) is 4.33. The first-order valence-electron chi connectivity index (χ1n) is 7.90. The van der Waals surface area contributed by atoms with Gasteiger partial charge in [0.1, 0.15) is 0 Å². The van der Waals surface area contributed by atoms with E-state index >= 15 is 0 Å². The van der Waals surface area contributed by atoms with Gasteiger partial charge in [0, 0.05) is 25.6 Å². The molecule has 0 bridgehead atoms. The number of ether oxygens (including phenoxy) is 1. The Morgan fingerprint density at radius 2 is 1.80 bits per heavy atom. The van der Waals surface area contributed by atoms with Gasteiger partial charge >= 0.3 is 6.09 Å². The summed E-state index contributed by atoms with van der Waals surface area (Å²) in [4.78, 5) is 25.3. The van der Waals surface area contributed by atoms with Crippen LogP contribution in [0, 0.1) is 5.92 Å². The molecule has 1 aliphatic heterocycles. The molecule has 1 saturated heterocycles. The molecule has 0 aromatic heterocycles. The Morgan fingerprint density at radius 1 is 1.15 bits per heavy atom. The topological polar surface area (TPSA) is 58.6 Å². The lowest BCUT2D eigenvalue weighted by atomic mass is 10.0. The van der Waals surface area contributed by atoms with Crippen LogP contribution in [0.4, 0.5) is 4.79 Å². The molecular weight excluding hydrogens is 256 g/mol. The van der Waals surface area contributed by atoms with E-state index in [1.165, 1.54) is 25.7 Å². The first kappa shape index (κ1) is 15.1. The van der Waals surface area contributed by atoms with Crippen molar-refractivity contribution in [2.24, 2.45) is 5.92 Å². The van der Waals surface area contributed by atoms with Gasteiger partial charge in [0.2, 0.25) is 5.91 Å². The van der Waals surface area contributed by atoms with Crippen LogP contribution in [0.5, 0.6) is 0 Å². The Morgan fingerprint density at radius 3 is 2.40 bits per heavy atom. The van der Waals surface area contributed by atoms with Gasteiger partial charge in [-0.3, -0.25) is 4.79 Å². The van der Waals surface area contributed by atoms with E-state index in [0.29, 0.717) is 32.0 Å². The maximum Gasteiger partial charge on any atom is 0.409 e. The van der Waals surface area contributed by atoms with Crippen LogP contribution >= 0.6 is 0 Å². The number of rotatable bonds is 4. The van der Waals surface area contributed by atoms with Crippen molar-refractivity contribution in [3.8, 4) is 0 Å². The van der Waals surface area contributed by atoms with Crippen LogP contribution in [0.3, 0.4) is 0 Å². The lowest BCUT2D eigenvalue weighted by molar-refractivity contribution is -0.122. The molecule has 2 amide bonds. The summed E-state index contributed by atoms with van der Waals surface area (Å²) in [5, 5.41) is 3.12. The second-order valence-electron chi connectivity index (χ2n) is 5.88. The highest BCUT2D eigenvalue weighted by atomic mass is 16.6. The predicted octanol–water partition coefficient (Wildman–Crippen LogP) is 2.30. The third kappa shape index (κ3) is 4.39. The number of piperidine rings is 1. The van der Waals surface area contributed by atoms with E-state index in [2.05, 4.69) is 5.32 Å². The predicted molar refractivity (Wildman–Crippen MR) is 76.3 cm³/mol. The van der Waals surface area contributed by atoms with Crippen LogP contribution in [0.25, 0.3) is 0 Å². The number of nitrogens with one attached hydrogen (secondary N) is 1. The molecule has 114 valence electrons. The zero-order valence-electron chi connectivity index (χ0n) is 12.4. The average molecular weight is 282 g/mol. The first-order valence-corrected chi connectivity index (χ1v) is 7.90. The van der Waals surface area contributed by atoms with Gasteiger partial charge in [-0.2, -0.15) is 0 Å². The van der Waals surface area contributed by atoms with Crippen molar-refractivity contribution in [1.82, 2.24) is 10.2 Å². The summed E-state index contributed by atoms with van der Waals surface area (Å²) in [6.07, 6.45) is 7.06. The van der Waals surface area contributed by atoms with Crippen LogP contribution < -0.4 is 5.32 Å². The third-order valence-corrected chi connectivity index (χ3v) is 4.33. The fourth-order valence-corrected chi connectivity index (χ4v) is 3.18. The number of amides is 2. The van der Waals surface area contributed by atoms with Crippen LogP contribution in [-0.4, -0.2) is 42.6 Å². The van der Waals surface area contributed by atoms with E-state index in [4.69, 9.17) is 4.74 Å². The van der Waals surface area contributed by atoms with Gasteiger partial charge in [-0.25, -0.2) is 4.79 Å². The van der Waals surface area contributed by atoms with Crippen LogP contribution in [0.15, 0.2) is 0 Å². The average Bonchev–Trinajstić information content (AvgIpc) is 2.92. The molecule has 0 aromatic rings. The largest absolute Gasteiger partial charge is 0.450 e. The van der Waals surface area contributed by atoms with Crippen molar-refractivity contribution in [2.45, 2.75) is 57.9 Å². The molecule has 1 saturated carbocycles. The van der Waals surface area contributed by atoms with E-state index in [9.17, 15) is 9.59 Å². The summed E-state index contributed by atoms with van der Waals surface area (Å²) in [5.74, 6) is 0.779. The van der Waals surface area contributed by atoms with Gasteiger partial charge < -0.3 is 15.0 Å². The smallest absolute Gasteiger partial charge is 0.409 e. The summed E-state index contributed by atoms with van der Waals surface area (Å²) >= 11 is 0. The van der Waals surface area contributed by atoms with E-state index in [1.807, 2.05) is 6.92 Å². The normalized spacial score (nSPS) is 20.9. The molecular formula is C15H26N2O3. The van der Waals surface area contributed by atoms with Crippen molar-refractivity contribution in [3.63, 3.8) is 0 Å². The molecule has 2 fully saturated rings. The van der Waals surface area contributed by atoms with Crippen LogP contribution in [0.2, 0.25) is 0 Å². The SMILES string of the molecule is CCOC(=O)N1CCC(NC(=O)CC2CCCC2)CC1. The van der Waals surface area contributed by atoms with Gasteiger partial charge in [0.25, 0.3) is 0 Å². The zero-order chi connectivity index (χ0) is 14.4. The van der Waals surface area contributed by atoms with Crippen molar-refractivity contribution >= 4 is 12.0 Å². The van der Waals surface area contributed by atoms with E-state index in [0.717, 1.165) is 12.8 Å². The molecule has 0 aromatic carbocycles. The van der Waals surface area contributed by atoms with Crippen molar-refractivity contribution in [3.05, 3.63) is 0 Å². The highest BCUT2D eigenvalue weighted by molar-refractivity contribution is 5.76. The maximum absolute atomic E-state index is 12.0. The van der Waals surface area contributed by atoms with Crippen LogP contribution in [0.1, 0.15) is 51.9 Å². The summed E-state index contributed by atoms with van der Waals surface area (Å²) in [6.45, 7) is 3.57. The molecule has 5 nitrogen and oxygen atoms in total. The molecule has 0 unspecified atom stereocenters. The highest BCUT2D eigenvalue weighted by Crippen LogP contribution is 2.27. The Balaban J connectivity index is 1.65. The monoisotopic (exact) mass is 282 g/mol. The number of nitrogens with zero attached hydrogens (tertiary/aromatic N) is 1. The molecule has 5 heteroatoms. The lowest BCUT2D eigenvalue weighted by Crippen LogP contribution is -2.46. The number of carbonyl (C=O) groups is 2. The minimum atomic E-state index is -0.233. The van der Waals surface area contributed by atoms with E-state index in [1.54, 1.807) is 4.90 Å². The van der Waals surface area contributed by atoms with Gasteiger partial charge in [0.15, 0.2) is 0 Å². The molecule has 1 heterocycles. The molecule has 0 spiro atoms. The van der Waals surface area contributed by atoms with E-state index in [-0.39, 0.29) is 18.0 Å². The van der Waals surface area contributed by atoms with E-state index < -0.39 is 0 Å². The molecule has 1 N–H and O–H groups in total. The Hall–Kier alpha value is -1.26. The number of hydrogen-bond acceptors (Lipinski definition) is 3. The molecule has 0 radical (unpaired) electrons. The minimum Gasteiger partial charge on any atom is -0.450 e. The molecule has 20 heavy (non-hydrogen) atoms. The molecule has 0 atom stereocenters. The standard InChI is InChI=1S/C15H26N2O3/c1-2-20-15(19)17-9-7-13(8-10-17)16-14(18)11-12-5-3-4-6-12/h12-13H,2-11H2,1H3,(H,16,18). The number of likely N-dealkylation sites (tertiary alicyclic amines) is 1. The van der Waals surface area contributed by atoms with Crippen LogP contribution in [-0.2, 0) is 9.53 Å². The van der Waals surface area contributed by atoms with Gasteiger partial charge in [-0.1, -0.05) is 12.8 Å². The first-order chi connectivity index (χ1) is 9.69. The second-order valence-corrected chi connectivity index (χ2v) is 5.88. The summed E-state index contributed by atoms with van der Waals surface area (Å²) in [6, 6.07) is 0.217. The van der Waals surface area contributed by atoms with Crippen molar-refractivity contribution in [1.29, 1.82) is 0 Å². The van der Waals surface area contributed by atoms with Gasteiger partial charge in [0.05, 0.1) is 6.61 Å². The molecule has 2 rings (SSSR count). The highest BCUT2D eigenvalue weighted by Gasteiger charge is 2.25. The number of carbonyl (C=O) groups excluding carboxylic acids is 2. The molecule has 2 aliphatic rings. The summed E-state index contributed by atoms with van der Waals surface area (Å²) in [7, 11) is 0.